The molecule has 1 amide bonds. The van der Waals surface area contributed by atoms with Gasteiger partial charge in [-0.2, -0.15) is 0 Å². The number of aliphatic hydroxyl groups excluding tert-OH is 1. The molecule has 1 heterocycles. The van der Waals surface area contributed by atoms with Crippen LogP contribution in [0.25, 0.3) is 0 Å². The molecule has 0 saturated carbocycles. The Morgan fingerprint density at radius 3 is 3.05 bits per heavy atom. The van der Waals surface area contributed by atoms with Crippen molar-refractivity contribution >= 4 is 5.91 Å². The first-order chi connectivity index (χ1) is 10.2. The molecule has 0 atom stereocenters. The Balaban J connectivity index is 1.97. The predicted octanol–water partition coefficient (Wildman–Crippen LogP) is -0.528. The zero-order chi connectivity index (χ0) is 15.1. The van der Waals surface area contributed by atoms with Gasteiger partial charge in [0.2, 0.25) is 5.91 Å². The number of tetrazole rings is 1. The van der Waals surface area contributed by atoms with E-state index in [1.54, 1.807) is 0 Å². The topological polar surface area (TPSA) is 92.9 Å². The van der Waals surface area contributed by atoms with Gasteiger partial charge in [-0.25, -0.2) is 9.07 Å². The van der Waals surface area contributed by atoms with Crippen LogP contribution in [0.3, 0.4) is 0 Å². The van der Waals surface area contributed by atoms with Crippen molar-refractivity contribution in [2.24, 2.45) is 0 Å². The van der Waals surface area contributed by atoms with E-state index < -0.39 is 5.82 Å². The second-order valence-electron chi connectivity index (χ2n) is 4.05. The Morgan fingerprint density at radius 2 is 2.33 bits per heavy atom. The van der Waals surface area contributed by atoms with Crippen LogP contribution in [0.4, 0.5) is 4.39 Å². The first kappa shape index (κ1) is 14.6. The molecule has 0 unspecified atom stereocenters. The summed E-state index contributed by atoms with van der Waals surface area (Å²) in [6, 6.07) is 4.30. The zero-order valence-corrected chi connectivity index (χ0v) is 11.0. The van der Waals surface area contributed by atoms with Crippen LogP contribution in [0.5, 0.6) is 0 Å². The fraction of sp³-hybridized carbons (Fsp3) is 0.231. The van der Waals surface area contributed by atoms with Crippen molar-refractivity contribution in [3.63, 3.8) is 0 Å². The Bertz CT molecular complexity index is 676. The van der Waals surface area contributed by atoms with Gasteiger partial charge in [-0.15, -0.1) is 5.10 Å². The lowest BCUT2D eigenvalue weighted by Crippen LogP contribution is -2.27. The summed E-state index contributed by atoms with van der Waals surface area (Å²) < 4.78 is 14.9. The third kappa shape index (κ3) is 4.36. The molecule has 7 nitrogen and oxygen atoms in total. The van der Waals surface area contributed by atoms with Crippen LogP contribution in [0.2, 0.25) is 0 Å². The summed E-state index contributed by atoms with van der Waals surface area (Å²) >= 11 is 0. The van der Waals surface area contributed by atoms with Gasteiger partial charge in [0.15, 0.2) is 0 Å². The lowest BCUT2D eigenvalue weighted by molar-refractivity contribution is -0.122. The summed E-state index contributed by atoms with van der Waals surface area (Å²) in [5, 5.41) is 21.6. The van der Waals surface area contributed by atoms with E-state index in [0.717, 1.165) is 0 Å². The van der Waals surface area contributed by atoms with Gasteiger partial charge in [0.05, 0.1) is 0 Å². The number of hydrogen-bond donors (Lipinski definition) is 2. The molecule has 0 saturated heterocycles. The van der Waals surface area contributed by atoms with Gasteiger partial charge in [-0.05, 0) is 28.6 Å². The molecule has 0 radical (unpaired) electrons. The molecule has 2 aromatic rings. The van der Waals surface area contributed by atoms with E-state index in [2.05, 4.69) is 32.7 Å². The molecular weight excluding hydrogens is 277 g/mol. The van der Waals surface area contributed by atoms with E-state index in [1.165, 1.54) is 29.2 Å². The Hall–Kier alpha value is -2.79. The quantitative estimate of drug-likeness (QED) is 0.738. The van der Waals surface area contributed by atoms with Crippen LogP contribution in [0, 0.1) is 17.7 Å². The molecule has 108 valence electrons. The van der Waals surface area contributed by atoms with Crippen molar-refractivity contribution in [3.8, 4) is 11.8 Å². The van der Waals surface area contributed by atoms with Crippen LogP contribution < -0.4 is 5.32 Å². The minimum atomic E-state index is -0.438. The molecule has 21 heavy (non-hydrogen) atoms. The number of nitrogens with one attached hydrogen (secondary N) is 1. The summed E-state index contributed by atoms with van der Waals surface area (Å²) in [6.45, 7) is -0.282. The Kier molecular flexibility index (Phi) is 4.95. The smallest absolute Gasteiger partial charge is 0.242 e. The van der Waals surface area contributed by atoms with Crippen molar-refractivity contribution in [2.75, 3.05) is 6.61 Å². The van der Waals surface area contributed by atoms with Crippen molar-refractivity contribution in [2.45, 2.75) is 13.1 Å². The predicted molar refractivity (Wildman–Crippen MR) is 70.0 cm³/mol. The second kappa shape index (κ2) is 7.12. The molecule has 2 N–H and O–H groups in total. The normalized spacial score (nSPS) is 9.81. The van der Waals surface area contributed by atoms with Crippen LogP contribution >= 0.6 is 0 Å². The number of aromatic nitrogens is 4. The molecule has 0 fully saturated rings. The molecular formula is C13H12FN5O2. The van der Waals surface area contributed by atoms with Gasteiger partial charge >= 0.3 is 0 Å². The number of halogens is 1. The molecule has 2 rings (SSSR count). The molecule has 0 bridgehead atoms. The third-order valence-electron chi connectivity index (χ3n) is 2.53. The fourth-order valence-electron chi connectivity index (χ4n) is 1.58. The SMILES string of the molecule is O=C(Cn1cnnn1)NCc1cc(C#CCO)ccc1F. The van der Waals surface area contributed by atoms with Crippen molar-refractivity contribution in [1.29, 1.82) is 0 Å². The number of carbonyl (C=O) groups is 1. The summed E-state index contributed by atoms with van der Waals surface area (Å²) in [7, 11) is 0. The maximum Gasteiger partial charge on any atom is 0.242 e. The van der Waals surface area contributed by atoms with E-state index >= 15 is 0 Å². The Morgan fingerprint density at radius 1 is 1.48 bits per heavy atom. The van der Waals surface area contributed by atoms with Crippen LogP contribution in [0.1, 0.15) is 11.1 Å². The third-order valence-corrected chi connectivity index (χ3v) is 2.53. The number of rotatable bonds is 4. The maximum atomic E-state index is 13.6. The molecule has 0 aliphatic carbocycles. The first-order valence-corrected chi connectivity index (χ1v) is 6.04. The van der Waals surface area contributed by atoms with E-state index in [1.807, 2.05) is 0 Å². The van der Waals surface area contributed by atoms with Crippen molar-refractivity contribution in [1.82, 2.24) is 25.5 Å². The van der Waals surface area contributed by atoms with Crippen LogP contribution in [0.15, 0.2) is 24.5 Å². The molecule has 1 aromatic heterocycles. The van der Waals surface area contributed by atoms with Gasteiger partial charge in [-0.3, -0.25) is 4.79 Å². The van der Waals surface area contributed by atoms with Crippen molar-refractivity contribution < 1.29 is 14.3 Å². The van der Waals surface area contributed by atoms with E-state index in [-0.39, 0.29) is 25.6 Å². The average molecular weight is 289 g/mol. The summed E-state index contributed by atoms with van der Waals surface area (Å²) in [4.78, 5) is 11.6. The van der Waals surface area contributed by atoms with E-state index in [9.17, 15) is 9.18 Å². The number of aliphatic hydroxyl groups is 1. The first-order valence-electron chi connectivity index (χ1n) is 6.04. The minimum Gasteiger partial charge on any atom is -0.384 e. The molecule has 0 aliphatic heterocycles. The highest BCUT2D eigenvalue weighted by atomic mass is 19.1. The summed E-state index contributed by atoms with van der Waals surface area (Å²) in [6.07, 6.45) is 1.31. The fourth-order valence-corrected chi connectivity index (χ4v) is 1.58. The van der Waals surface area contributed by atoms with Gasteiger partial charge in [-0.1, -0.05) is 11.8 Å². The highest BCUT2D eigenvalue weighted by Crippen LogP contribution is 2.09. The Labute approximate surface area is 119 Å². The number of amides is 1. The molecule has 8 heteroatoms. The minimum absolute atomic E-state index is 0.0292. The average Bonchev–Trinajstić information content (AvgIpc) is 2.98. The summed E-state index contributed by atoms with van der Waals surface area (Å²) in [5.41, 5.74) is 0.875. The number of benzene rings is 1. The monoisotopic (exact) mass is 289 g/mol. The molecule has 0 aliphatic rings. The van der Waals surface area contributed by atoms with Gasteiger partial charge in [0.25, 0.3) is 0 Å². The van der Waals surface area contributed by atoms with Gasteiger partial charge in [0.1, 0.15) is 25.3 Å². The number of nitrogens with zero attached hydrogens (tertiary/aromatic N) is 4. The lowest BCUT2D eigenvalue weighted by atomic mass is 10.1. The maximum absolute atomic E-state index is 13.6. The second-order valence-corrected chi connectivity index (χ2v) is 4.05. The van der Waals surface area contributed by atoms with E-state index in [4.69, 9.17) is 5.11 Å². The van der Waals surface area contributed by atoms with Crippen molar-refractivity contribution in [3.05, 3.63) is 41.5 Å². The standard InChI is InChI=1S/C13H12FN5O2/c14-12-4-3-10(2-1-5-20)6-11(12)7-15-13(21)8-19-9-16-17-18-19/h3-4,6,9,20H,5,7-8H2,(H,15,21). The highest BCUT2D eigenvalue weighted by Gasteiger charge is 2.07. The van der Waals surface area contributed by atoms with Crippen LogP contribution in [-0.2, 0) is 17.9 Å². The largest absolute Gasteiger partial charge is 0.384 e. The summed E-state index contributed by atoms with van der Waals surface area (Å²) in [5.74, 6) is 4.37. The van der Waals surface area contributed by atoms with E-state index in [0.29, 0.717) is 11.1 Å². The molecule has 1 aromatic carbocycles. The van der Waals surface area contributed by atoms with Gasteiger partial charge < -0.3 is 10.4 Å². The number of hydrogen-bond acceptors (Lipinski definition) is 5. The highest BCUT2D eigenvalue weighted by molar-refractivity contribution is 5.75. The van der Waals surface area contributed by atoms with Crippen LogP contribution in [-0.4, -0.2) is 37.8 Å². The molecule has 0 spiro atoms. The van der Waals surface area contributed by atoms with Gasteiger partial charge in [0, 0.05) is 17.7 Å². The lowest BCUT2D eigenvalue weighted by Gasteiger charge is -2.06. The zero-order valence-electron chi connectivity index (χ0n) is 11.0. The number of carbonyl (C=O) groups excluding carboxylic acids is 1.